The van der Waals surface area contributed by atoms with E-state index in [9.17, 15) is 17.2 Å². The highest BCUT2D eigenvalue weighted by atomic mass is 32.2. The summed E-state index contributed by atoms with van der Waals surface area (Å²) in [6, 6.07) is 5.73. The van der Waals surface area contributed by atoms with Gasteiger partial charge in [-0.1, -0.05) is 6.92 Å². The monoisotopic (exact) mass is 363 g/mol. The zero-order chi connectivity index (χ0) is 17.8. The van der Waals surface area contributed by atoms with E-state index in [1.165, 1.54) is 25.3 Å². The van der Waals surface area contributed by atoms with Crippen LogP contribution in [-0.2, 0) is 9.84 Å². The van der Waals surface area contributed by atoms with Crippen molar-refractivity contribution in [3.63, 3.8) is 0 Å². The Morgan fingerprint density at radius 1 is 1.16 bits per heavy atom. The molecule has 0 bridgehead atoms. The van der Waals surface area contributed by atoms with Gasteiger partial charge < -0.3 is 4.57 Å². The molecule has 1 fully saturated rings. The topological polar surface area (TPSA) is 64.8 Å². The van der Waals surface area contributed by atoms with Crippen LogP contribution in [0.15, 0.2) is 35.5 Å². The third-order valence-corrected chi connectivity index (χ3v) is 6.02. The number of rotatable bonds is 4. The Kier molecular flexibility index (Phi) is 3.61. The Hall–Kier alpha value is -2.35. The number of hydrogen-bond acceptors (Lipinski definition) is 4. The van der Waals surface area contributed by atoms with Gasteiger partial charge in [0.25, 0.3) is 0 Å². The van der Waals surface area contributed by atoms with Gasteiger partial charge in [0.05, 0.1) is 23.2 Å². The summed E-state index contributed by atoms with van der Waals surface area (Å²) >= 11 is 0. The number of fused-ring (bicyclic) bond motifs is 1. The maximum Gasteiger partial charge on any atom is 0.197 e. The van der Waals surface area contributed by atoms with E-state index in [1.807, 2.05) is 4.57 Å². The first-order valence-electron chi connectivity index (χ1n) is 7.96. The summed E-state index contributed by atoms with van der Waals surface area (Å²) in [5.41, 5.74) is 1.84. The first-order valence-corrected chi connectivity index (χ1v) is 9.62. The summed E-state index contributed by atoms with van der Waals surface area (Å²) in [4.78, 5) is 0. The van der Waals surface area contributed by atoms with E-state index in [4.69, 9.17) is 0 Å². The molecule has 0 atom stereocenters. The number of hydrogen-bond donors (Lipinski definition) is 0. The summed E-state index contributed by atoms with van der Waals surface area (Å²) in [6.45, 7) is 1.54. The molecule has 0 amide bonds. The van der Waals surface area contributed by atoms with Crippen LogP contribution in [0.5, 0.6) is 0 Å². The van der Waals surface area contributed by atoms with Crippen molar-refractivity contribution >= 4 is 20.7 Å². The molecule has 0 spiro atoms. The molecule has 0 radical (unpaired) electrons. The molecule has 0 unspecified atom stereocenters. The molecule has 1 aliphatic carbocycles. The first kappa shape index (κ1) is 16.1. The van der Waals surface area contributed by atoms with Crippen molar-refractivity contribution in [3.05, 3.63) is 42.1 Å². The van der Waals surface area contributed by atoms with Gasteiger partial charge in [0.15, 0.2) is 26.5 Å². The lowest BCUT2D eigenvalue weighted by Crippen LogP contribution is -2.07. The van der Waals surface area contributed by atoms with Crippen molar-refractivity contribution in [1.82, 2.24) is 14.8 Å². The number of halogens is 2. The fraction of sp³-hybridized carbons (Fsp3) is 0.294. The number of aromatic nitrogens is 3. The molecule has 1 saturated carbocycles. The normalized spacial score (nSPS) is 15.0. The van der Waals surface area contributed by atoms with E-state index in [-0.39, 0.29) is 16.8 Å². The smallest absolute Gasteiger partial charge is 0.197 e. The third-order valence-electron chi connectivity index (χ3n) is 4.42. The average Bonchev–Trinajstić information content (AvgIpc) is 3.37. The highest BCUT2D eigenvalue weighted by Gasteiger charge is 2.29. The summed E-state index contributed by atoms with van der Waals surface area (Å²) in [5, 5.41) is 7.99. The minimum atomic E-state index is -3.49. The molecule has 4 rings (SSSR count). The molecule has 25 heavy (non-hydrogen) atoms. The van der Waals surface area contributed by atoms with Crippen LogP contribution in [-0.4, -0.2) is 28.9 Å². The Morgan fingerprint density at radius 2 is 1.88 bits per heavy atom. The van der Waals surface area contributed by atoms with Gasteiger partial charge in [-0.25, -0.2) is 17.2 Å². The van der Waals surface area contributed by atoms with Gasteiger partial charge in [0.2, 0.25) is 0 Å². The molecule has 1 aliphatic rings. The molecule has 130 valence electrons. The molecule has 2 heterocycles. The minimum absolute atomic E-state index is 0.0762. The van der Waals surface area contributed by atoms with Crippen LogP contribution in [0.1, 0.15) is 25.8 Å². The van der Waals surface area contributed by atoms with Crippen molar-refractivity contribution < 1.29 is 17.2 Å². The van der Waals surface area contributed by atoms with Gasteiger partial charge in [0, 0.05) is 23.1 Å². The predicted molar refractivity (Wildman–Crippen MR) is 88.9 cm³/mol. The third kappa shape index (κ3) is 2.70. The quantitative estimate of drug-likeness (QED) is 0.712. The van der Waals surface area contributed by atoms with E-state index in [0.29, 0.717) is 22.2 Å². The molecule has 0 saturated heterocycles. The van der Waals surface area contributed by atoms with E-state index >= 15 is 0 Å². The van der Waals surface area contributed by atoms with Gasteiger partial charge in [-0.3, -0.25) is 0 Å². The van der Waals surface area contributed by atoms with Crippen molar-refractivity contribution in [3.8, 4) is 11.3 Å². The van der Waals surface area contributed by atoms with Crippen LogP contribution in [0.2, 0.25) is 0 Å². The molecule has 8 heteroatoms. The van der Waals surface area contributed by atoms with Crippen LogP contribution in [0.4, 0.5) is 8.78 Å². The van der Waals surface area contributed by atoms with Gasteiger partial charge in [-0.2, -0.15) is 5.10 Å². The zero-order valence-electron chi connectivity index (χ0n) is 13.4. The standard InChI is InChI=1S/C17H15F2N3O2S/c1-2-25(23,24)17-7-11(9-20-21-17)15-6-10-5-13(18)14(19)8-16(10)22(15)12-3-4-12/h5-9,12H,2-4H2,1H3. The van der Waals surface area contributed by atoms with Gasteiger partial charge in [0.1, 0.15) is 0 Å². The Morgan fingerprint density at radius 3 is 2.56 bits per heavy atom. The second kappa shape index (κ2) is 5.59. The fourth-order valence-corrected chi connectivity index (χ4v) is 3.73. The fourth-order valence-electron chi connectivity index (χ4n) is 2.96. The second-order valence-electron chi connectivity index (χ2n) is 6.14. The van der Waals surface area contributed by atoms with Gasteiger partial charge in [-0.05, 0) is 31.0 Å². The molecule has 2 aromatic heterocycles. The number of sulfone groups is 1. The highest BCUT2D eigenvalue weighted by molar-refractivity contribution is 7.91. The maximum absolute atomic E-state index is 13.7. The van der Waals surface area contributed by atoms with E-state index in [0.717, 1.165) is 18.9 Å². The van der Waals surface area contributed by atoms with E-state index < -0.39 is 21.5 Å². The number of nitrogens with zero attached hydrogens (tertiary/aromatic N) is 3. The van der Waals surface area contributed by atoms with Crippen molar-refractivity contribution in [1.29, 1.82) is 0 Å². The largest absolute Gasteiger partial charge is 0.337 e. The molecular formula is C17H15F2N3O2S. The highest BCUT2D eigenvalue weighted by Crippen LogP contribution is 2.43. The van der Waals surface area contributed by atoms with Crippen molar-refractivity contribution in [2.45, 2.75) is 30.8 Å². The van der Waals surface area contributed by atoms with E-state index in [2.05, 4.69) is 10.2 Å². The SMILES string of the molecule is CCS(=O)(=O)c1cc(-c2cc3cc(F)c(F)cc3n2C2CC2)cnn1. The van der Waals surface area contributed by atoms with Crippen LogP contribution >= 0.6 is 0 Å². The van der Waals surface area contributed by atoms with Gasteiger partial charge >= 0.3 is 0 Å². The minimum Gasteiger partial charge on any atom is -0.337 e. The lowest BCUT2D eigenvalue weighted by Gasteiger charge is -2.10. The van der Waals surface area contributed by atoms with Crippen molar-refractivity contribution in [2.75, 3.05) is 5.75 Å². The zero-order valence-corrected chi connectivity index (χ0v) is 14.2. The Balaban J connectivity index is 1.95. The summed E-state index contributed by atoms with van der Waals surface area (Å²) < 4.78 is 53.4. The van der Waals surface area contributed by atoms with Crippen LogP contribution in [0.25, 0.3) is 22.2 Å². The Labute approximate surface area is 143 Å². The summed E-state index contributed by atoms with van der Waals surface area (Å²) in [6.07, 6.45) is 3.34. The maximum atomic E-state index is 13.7. The predicted octanol–water partition coefficient (Wildman–Crippen LogP) is 3.51. The first-order chi connectivity index (χ1) is 11.9. The van der Waals surface area contributed by atoms with Gasteiger partial charge in [-0.15, -0.1) is 5.10 Å². The summed E-state index contributed by atoms with van der Waals surface area (Å²) in [7, 11) is -3.49. The van der Waals surface area contributed by atoms with E-state index in [1.54, 1.807) is 6.07 Å². The lowest BCUT2D eigenvalue weighted by molar-refractivity contribution is 0.510. The molecule has 0 N–H and O–H groups in total. The summed E-state index contributed by atoms with van der Waals surface area (Å²) in [5.74, 6) is -1.89. The van der Waals surface area contributed by atoms with Crippen LogP contribution in [0, 0.1) is 11.6 Å². The molecule has 1 aromatic carbocycles. The Bertz CT molecular complexity index is 1090. The molecule has 0 aliphatic heterocycles. The molecule has 3 aromatic rings. The molecular weight excluding hydrogens is 348 g/mol. The van der Waals surface area contributed by atoms with Crippen LogP contribution < -0.4 is 0 Å². The van der Waals surface area contributed by atoms with Crippen molar-refractivity contribution in [2.24, 2.45) is 0 Å². The number of benzene rings is 1. The van der Waals surface area contributed by atoms with Crippen LogP contribution in [0.3, 0.4) is 0 Å². The second-order valence-corrected chi connectivity index (χ2v) is 8.37. The molecule has 5 nitrogen and oxygen atoms in total. The average molecular weight is 363 g/mol. The lowest BCUT2D eigenvalue weighted by atomic mass is 10.2.